The van der Waals surface area contributed by atoms with Gasteiger partial charge in [0.2, 0.25) is 0 Å². The molecule has 0 rings (SSSR count). The van der Waals surface area contributed by atoms with Crippen molar-refractivity contribution in [2.45, 2.75) is 53.0 Å². The Kier molecular flexibility index (Phi) is 9.12. The van der Waals surface area contributed by atoms with Gasteiger partial charge in [0.05, 0.1) is 0 Å². The molecular weight excluding hydrogens is 186 g/mol. The standard InChI is InChI=1S/C13H29NO/c1-6-8-13(4)14(5)9-7-10-15-11-12(2)3/h12-13H,6-11H2,1-5H3. The highest BCUT2D eigenvalue weighted by Crippen LogP contribution is 2.04. The van der Waals surface area contributed by atoms with Crippen LogP contribution in [0.15, 0.2) is 0 Å². The first-order valence-electron chi connectivity index (χ1n) is 6.35. The molecule has 15 heavy (non-hydrogen) atoms. The van der Waals surface area contributed by atoms with E-state index in [1.807, 2.05) is 0 Å². The smallest absolute Gasteiger partial charge is 0.0489 e. The van der Waals surface area contributed by atoms with Crippen molar-refractivity contribution in [3.05, 3.63) is 0 Å². The minimum Gasteiger partial charge on any atom is -0.381 e. The molecule has 2 heteroatoms. The fourth-order valence-electron chi connectivity index (χ4n) is 1.59. The van der Waals surface area contributed by atoms with Gasteiger partial charge in [0.25, 0.3) is 0 Å². The van der Waals surface area contributed by atoms with Gasteiger partial charge in [-0.05, 0) is 32.7 Å². The molecular formula is C13H29NO. The van der Waals surface area contributed by atoms with Gasteiger partial charge in [0.15, 0.2) is 0 Å². The SMILES string of the molecule is CCCC(C)N(C)CCCOCC(C)C. The van der Waals surface area contributed by atoms with Gasteiger partial charge in [-0.3, -0.25) is 0 Å². The van der Waals surface area contributed by atoms with E-state index in [1.54, 1.807) is 0 Å². The average Bonchev–Trinajstić information content (AvgIpc) is 2.16. The first-order valence-corrected chi connectivity index (χ1v) is 6.35. The zero-order chi connectivity index (χ0) is 11.7. The van der Waals surface area contributed by atoms with E-state index in [0.29, 0.717) is 12.0 Å². The molecule has 0 amide bonds. The largest absolute Gasteiger partial charge is 0.381 e. The molecule has 0 heterocycles. The molecule has 0 radical (unpaired) electrons. The third-order valence-electron chi connectivity index (χ3n) is 2.71. The lowest BCUT2D eigenvalue weighted by Gasteiger charge is -2.24. The summed E-state index contributed by atoms with van der Waals surface area (Å²) in [6.07, 6.45) is 3.72. The molecule has 2 nitrogen and oxygen atoms in total. The molecule has 0 saturated heterocycles. The van der Waals surface area contributed by atoms with E-state index < -0.39 is 0 Å². The molecule has 0 aliphatic rings. The highest BCUT2D eigenvalue weighted by Gasteiger charge is 2.06. The number of hydrogen-bond donors (Lipinski definition) is 0. The highest BCUT2D eigenvalue weighted by molar-refractivity contribution is 4.62. The summed E-state index contributed by atoms with van der Waals surface area (Å²) in [4.78, 5) is 2.43. The van der Waals surface area contributed by atoms with Gasteiger partial charge in [0.1, 0.15) is 0 Å². The average molecular weight is 215 g/mol. The van der Waals surface area contributed by atoms with Gasteiger partial charge in [-0.15, -0.1) is 0 Å². The fraction of sp³-hybridized carbons (Fsp3) is 1.00. The summed E-state index contributed by atoms with van der Waals surface area (Å²) in [6.45, 7) is 11.9. The second-order valence-corrected chi connectivity index (χ2v) is 4.94. The highest BCUT2D eigenvalue weighted by atomic mass is 16.5. The molecule has 0 aliphatic heterocycles. The maximum atomic E-state index is 5.56. The summed E-state index contributed by atoms with van der Waals surface area (Å²) in [5.41, 5.74) is 0. The van der Waals surface area contributed by atoms with Crippen molar-refractivity contribution < 1.29 is 4.74 Å². The topological polar surface area (TPSA) is 12.5 Å². The molecule has 0 aromatic heterocycles. The summed E-state index contributed by atoms with van der Waals surface area (Å²) in [5, 5.41) is 0. The third kappa shape index (κ3) is 8.88. The van der Waals surface area contributed by atoms with Crippen LogP contribution in [0.4, 0.5) is 0 Å². The Morgan fingerprint density at radius 1 is 1.20 bits per heavy atom. The van der Waals surface area contributed by atoms with Crippen LogP contribution in [0, 0.1) is 5.92 Å². The number of rotatable bonds is 9. The summed E-state index contributed by atoms with van der Waals surface area (Å²) < 4.78 is 5.56. The number of nitrogens with zero attached hydrogens (tertiary/aromatic N) is 1. The second kappa shape index (κ2) is 9.17. The zero-order valence-electron chi connectivity index (χ0n) is 11.3. The predicted octanol–water partition coefficient (Wildman–Crippen LogP) is 3.17. The Hall–Kier alpha value is -0.0800. The van der Waals surface area contributed by atoms with Crippen LogP contribution in [0.1, 0.15) is 47.0 Å². The Morgan fingerprint density at radius 2 is 1.87 bits per heavy atom. The first kappa shape index (κ1) is 14.9. The van der Waals surface area contributed by atoms with Gasteiger partial charge >= 0.3 is 0 Å². The van der Waals surface area contributed by atoms with E-state index in [-0.39, 0.29) is 0 Å². The Morgan fingerprint density at radius 3 is 2.40 bits per heavy atom. The van der Waals surface area contributed by atoms with Gasteiger partial charge in [-0.2, -0.15) is 0 Å². The maximum Gasteiger partial charge on any atom is 0.0489 e. The molecule has 0 fully saturated rings. The van der Waals surface area contributed by atoms with Crippen LogP contribution in [0.2, 0.25) is 0 Å². The van der Waals surface area contributed by atoms with Crippen LogP contribution in [-0.2, 0) is 4.74 Å². The molecule has 0 aromatic carbocycles. The quantitative estimate of drug-likeness (QED) is 0.548. The van der Waals surface area contributed by atoms with Crippen LogP contribution in [0.5, 0.6) is 0 Å². The van der Waals surface area contributed by atoms with Crippen molar-refractivity contribution in [1.82, 2.24) is 4.90 Å². The molecule has 1 atom stereocenters. The monoisotopic (exact) mass is 215 g/mol. The lowest BCUT2D eigenvalue weighted by molar-refractivity contribution is 0.0978. The summed E-state index contributed by atoms with van der Waals surface area (Å²) >= 11 is 0. The van der Waals surface area contributed by atoms with Crippen LogP contribution in [0.25, 0.3) is 0 Å². The number of hydrogen-bond acceptors (Lipinski definition) is 2. The lowest BCUT2D eigenvalue weighted by atomic mass is 10.2. The summed E-state index contributed by atoms with van der Waals surface area (Å²) in [5.74, 6) is 0.654. The van der Waals surface area contributed by atoms with E-state index in [4.69, 9.17) is 4.74 Å². The van der Waals surface area contributed by atoms with Crippen molar-refractivity contribution in [2.75, 3.05) is 26.8 Å². The Bertz CT molecular complexity index is 136. The molecule has 92 valence electrons. The van der Waals surface area contributed by atoms with Crippen molar-refractivity contribution in [2.24, 2.45) is 5.92 Å². The Labute approximate surface area is 96.0 Å². The van der Waals surface area contributed by atoms with E-state index in [9.17, 15) is 0 Å². The summed E-state index contributed by atoms with van der Waals surface area (Å²) in [7, 11) is 2.21. The molecule has 1 unspecified atom stereocenters. The molecule has 0 bridgehead atoms. The normalized spacial score (nSPS) is 13.8. The van der Waals surface area contributed by atoms with Crippen molar-refractivity contribution >= 4 is 0 Å². The molecule has 0 N–H and O–H groups in total. The third-order valence-corrected chi connectivity index (χ3v) is 2.71. The van der Waals surface area contributed by atoms with Crippen LogP contribution in [0.3, 0.4) is 0 Å². The van der Waals surface area contributed by atoms with Crippen LogP contribution >= 0.6 is 0 Å². The van der Waals surface area contributed by atoms with E-state index >= 15 is 0 Å². The van der Waals surface area contributed by atoms with Crippen LogP contribution < -0.4 is 0 Å². The van der Waals surface area contributed by atoms with Crippen molar-refractivity contribution in [3.63, 3.8) is 0 Å². The van der Waals surface area contributed by atoms with Crippen molar-refractivity contribution in [1.29, 1.82) is 0 Å². The van der Waals surface area contributed by atoms with E-state index in [0.717, 1.165) is 26.2 Å². The number of ether oxygens (including phenoxy) is 1. The predicted molar refractivity (Wildman–Crippen MR) is 67.3 cm³/mol. The lowest BCUT2D eigenvalue weighted by Crippen LogP contribution is -2.30. The minimum atomic E-state index is 0.654. The van der Waals surface area contributed by atoms with Gasteiger partial charge < -0.3 is 9.64 Å². The fourth-order valence-corrected chi connectivity index (χ4v) is 1.59. The molecule has 0 aliphatic carbocycles. The maximum absolute atomic E-state index is 5.56. The summed E-state index contributed by atoms with van der Waals surface area (Å²) in [6, 6.07) is 0.708. The second-order valence-electron chi connectivity index (χ2n) is 4.94. The molecule has 0 saturated carbocycles. The van der Waals surface area contributed by atoms with Gasteiger partial charge in [-0.25, -0.2) is 0 Å². The zero-order valence-corrected chi connectivity index (χ0v) is 11.3. The Balaban J connectivity index is 3.34. The minimum absolute atomic E-state index is 0.654. The van der Waals surface area contributed by atoms with Crippen LogP contribution in [-0.4, -0.2) is 37.7 Å². The van der Waals surface area contributed by atoms with E-state index in [1.165, 1.54) is 12.8 Å². The molecule has 0 spiro atoms. The van der Waals surface area contributed by atoms with Gasteiger partial charge in [0, 0.05) is 25.8 Å². The van der Waals surface area contributed by atoms with Gasteiger partial charge in [-0.1, -0.05) is 27.2 Å². The van der Waals surface area contributed by atoms with E-state index in [2.05, 4.69) is 39.6 Å². The first-order chi connectivity index (χ1) is 7.07. The van der Waals surface area contributed by atoms with Crippen molar-refractivity contribution in [3.8, 4) is 0 Å². The molecule has 0 aromatic rings.